The van der Waals surface area contributed by atoms with Crippen LogP contribution < -0.4 is 0 Å². The Balaban J connectivity index is 3.07. The van der Waals surface area contributed by atoms with Crippen molar-refractivity contribution in [2.75, 3.05) is 5.88 Å². The molecule has 0 N–H and O–H groups in total. The minimum atomic E-state index is 0.725. The molecular weight excluding hydrogens is 228 g/mol. The third-order valence-electron chi connectivity index (χ3n) is 2.88. The molecule has 100 valence electrons. The summed E-state index contributed by atoms with van der Waals surface area (Å²) in [6, 6.07) is 0. The predicted molar refractivity (Wildman–Crippen MR) is 80.8 cm³/mol. The third kappa shape index (κ3) is 15.8. The van der Waals surface area contributed by atoms with E-state index >= 15 is 0 Å². The molecule has 0 amide bonds. The highest BCUT2D eigenvalue weighted by Gasteiger charge is 1.89. The van der Waals surface area contributed by atoms with E-state index in [0.29, 0.717) is 0 Å². The number of unbranched alkanes of at least 4 members (excludes halogenated alkanes) is 8. The van der Waals surface area contributed by atoms with Crippen LogP contribution in [0.4, 0.5) is 0 Å². The summed E-state index contributed by atoms with van der Waals surface area (Å²) in [7, 11) is 0. The van der Waals surface area contributed by atoms with Crippen LogP contribution in [0.3, 0.4) is 0 Å². The van der Waals surface area contributed by atoms with Crippen LogP contribution in [0, 0.1) is 0 Å². The maximum Gasteiger partial charge on any atom is 0.0258 e. The van der Waals surface area contributed by atoms with Crippen LogP contribution in [-0.4, -0.2) is 5.88 Å². The number of hydrogen-bond acceptors (Lipinski definition) is 0. The van der Waals surface area contributed by atoms with Gasteiger partial charge in [-0.1, -0.05) is 76.2 Å². The molecule has 0 unspecified atom stereocenters. The molecule has 0 heterocycles. The first-order valence-electron chi connectivity index (χ1n) is 7.29. The molecule has 0 radical (unpaired) electrons. The van der Waals surface area contributed by atoms with Crippen molar-refractivity contribution < 1.29 is 0 Å². The third-order valence-corrected chi connectivity index (χ3v) is 3.10. The first-order valence-corrected chi connectivity index (χ1v) is 7.83. The lowest BCUT2D eigenvalue weighted by atomic mass is 10.1. The monoisotopic (exact) mass is 256 g/mol. The number of halogens is 1. The second-order valence-corrected chi connectivity index (χ2v) is 4.98. The van der Waals surface area contributed by atoms with E-state index in [0.717, 1.165) is 12.3 Å². The van der Waals surface area contributed by atoms with Gasteiger partial charge in [-0.2, -0.15) is 0 Å². The van der Waals surface area contributed by atoms with Crippen LogP contribution in [0.25, 0.3) is 0 Å². The molecule has 0 aliphatic rings. The number of rotatable bonds is 12. The second kappa shape index (κ2) is 15.8. The van der Waals surface area contributed by atoms with Crippen molar-refractivity contribution in [2.24, 2.45) is 0 Å². The van der Waals surface area contributed by atoms with Gasteiger partial charge >= 0.3 is 0 Å². The fourth-order valence-corrected chi connectivity index (χ4v) is 1.93. The van der Waals surface area contributed by atoms with E-state index in [4.69, 9.17) is 11.6 Å². The van der Waals surface area contributed by atoms with Crippen molar-refractivity contribution in [1.29, 1.82) is 0 Å². The summed E-state index contributed by atoms with van der Waals surface area (Å²) >= 11 is 5.57. The van der Waals surface area contributed by atoms with Crippen molar-refractivity contribution >= 4 is 11.6 Å². The Bertz CT molecular complexity index is 182. The van der Waals surface area contributed by atoms with E-state index in [2.05, 4.69) is 31.2 Å². The van der Waals surface area contributed by atoms with Crippen LogP contribution in [0.1, 0.15) is 71.1 Å². The van der Waals surface area contributed by atoms with Crippen molar-refractivity contribution in [2.45, 2.75) is 71.1 Å². The van der Waals surface area contributed by atoms with E-state index in [1.807, 2.05) is 0 Å². The molecule has 0 aliphatic carbocycles. The second-order valence-electron chi connectivity index (χ2n) is 4.60. The fraction of sp³-hybridized carbons (Fsp3) is 0.750. The molecule has 0 aromatic carbocycles. The van der Waals surface area contributed by atoms with Crippen molar-refractivity contribution in [3.05, 3.63) is 24.3 Å². The normalized spacial score (nSPS) is 11.9. The molecule has 1 heteroatoms. The van der Waals surface area contributed by atoms with Gasteiger partial charge < -0.3 is 0 Å². The molecule has 0 saturated carbocycles. The highest BCUT2D eigenvalue weighted by Crippen LogP contribution is 2.09. The first kappa shape index (κ1) is 16.8. The van der Waals surface area contributed by atoms with Crippen molar-refractivity contribution in [1.82, 2.24) is 0 Å². The molecule has 0 atom stereocenters. The molecule has 0 aromatic rings. The van der Waals surface area contributed by atoms with Gasteiger partial charge in [-0.15, -0.1) is 11.6 Å². The smallest absolute Gasteiger partial charge is 0.0258 e. The molecular formula is C16H29Cl. The standard InChI is InChI=1S/C16H29Cl/c1-2-3-4-5-6-7-8-9-10-11-12-13-14-15-16-17/h11-14H,2-10,15-16H2,1H3. The zero-order valence-corrected chi connectivity index (χ0v) is 12.2. The number of hydrogen-bond donors (Lipinski definition) is 0. The minimum Gasteiger partial charge on any atom is -0.126 e. The highest BCUT2D eigenvalue weighted by molar-refractivity contribution is 6.17. The summed E-state index contributed by atoms with van der Waals surface area (Å²) in [5.41, 5.74) is 0. The lowest BCUT2D eigenvalue weighted by molar-refractivity contribution is 0.577. The zero-order valence-electron chi connectivity index (χ0n) is 11.5. The minimum absolute atomic E-state index is 0.725. The van der Waals surface area contributed by atoms with Gasteiger partial charge in [0.15, 0.2) is 0 Å². The average Bonchev–Trinajstić information content (AvgIpc) is 2.35. The average molecular weight is 257 g/mol. The zero-order chi connectivity index (χ0) is 12.6. The van der Waals surface area contributed by atoms with Crippen molar-refractivity contribution in [3.8, 4) is 0 Å². The Morgan fingerprint density at radius 2 is 1.24 bits per heavy atom. The van der Waals surface area contributed by atoms with Crippen LogP contribution in [0.2, 0.25) is 0 Å². The SMILES string of the molecule is CCCCCCCCCCC=CC=CCCCl. The van der Waals surface area contributed by atoms with Crippen LogP contribution in [0.15, 0.2) is 24.3 Å². The molecule has 0 aromatic heterocycles. The number of alkyl halides is 1. The quantitative estimate of drug-likeness (QED) is 0.220. The van der Waals surface area contributed by atoms with Gasteiger partial charge in [0.1, 0.15) is 0 Å². The first-order chi connectivity index (χ1) is 8.41. The summed E-state index contributed by atoms with van der Waals surface area (Å²) in [4.78, 5) is 0. The van der Waals surface area contributed by atoms with Gasteiger partial charge in [-0.3, -0.25) is 0 Å². The Hall–Kier alpha value is -0.230. The van der Waals surface area contributed by atoms with Crippen LogP contribution in [-0.2, 0) is 0 Å². The Morgan fingerprint density at radius 1 is 0.706 bits per heavy atom. The van der Waals surface area contributed by atoms with E-state index in [-0.39, 0.29) is 0 Å². The lowest BCUT2D eigenvalue weighted by Gasteiger charge is -1.99. The van der Waals surface area contributed by atoms with Gasteiger partial charge in [-0.25, -0.2) is 0 Å². The Labute approximate surface area is 113 Å². The summed E-state index contributed by atoms with van der Waals surface area (Å²) in [6.45, 7) is 2.27. The summed E-state index contributed by atoms with van der Waals surface area (Å²) in [5, 5.41) is 0. The predicted octanol–water partition coefficient (Wildman–Crippen LogP) is 6.26. The Morgan fingerprint density at radius 3 is 1.82 bits per heavy atom. The topological polar surface area (TPSA) is 0 Å². The largest absolute Gasteiger partial charge is 0.126 e. The number of allylic oxidation sites excluding steroid dienone is 4. The molecule has 0 rings (SSSR count). The molecule has 0 aliphatic heterocycles. The maximum atomic E-state index is 5.57. The molecule has 0 nitrogen and oxygen atoms in total. The summed E-state index contributed by atoms with van der Waals surface area (Å²) < 4.78 is 0. The van der Waals surface area contributed by atoms with Gasteiger partial charge in [0, 0.05) is 5.88 Å². The summed E-state index contributed by atoms with van der Waals surface area (Å²) in [6.07, 6.45) is 22.0. The van der Waals surface area contributed by atoms with E-state index in [9.17, 15) is 0 Å². The van der Waals surface area contributed by atoms with E-state index < -0.39 is 0 Å². The van der Waals surface area contributed by atoms with Gasteiger partial charge in [-0.05, 0) is 19.3 Å². The van der Waals surface area contributed by atoms with E-state index in [1.54, 1.807) is 0 Å². The molecule has 0 saturated heterocycles. The fourth-order valence-electron chi connectivity index (χ4n) is 1.81. The van der Waals surface area contributed by atoms with Gasteiger partial charge in [0.25, 0.3) is 0 Å². The maximum absolute atomic E-state index is 5.57. The summed E-state index contributed by atoms with van der Waals surface area (Å²) in [5.74, 6) is 0.725. The molecule has 17 heavy (non-hydrogen) atoms. The van der Waals surface area contributed by atoms with Crippen molar-refractivity contribution in [3.63, 3.8) is 0 Å². The van der Waals surface area contributed by atoms with Crippen LogP contribution in [0.5, 0.6) is 0 Å². The van der Waals surface area contributed by atoms with E-state index in [1.165, 1.54) is 57.8 Å². The molecule has 0 bridgehead atoms. The van der Waals surface area contributed by atoms with Crippen LogP contribution >= 0.6 is 11.6 Å². The lowest BCUT2D eigenvalue weighted by Crippen LogP contribution is -1.79. The highest BCUT2D eigenvalue weighted by atomic mass is 35.5. The van der Waals surface area contributed by atoms with Gasteiger partial charge in [0.2, 0.25) is 0 Å². The molecule has 0 fully saturated rings. The van der Waals surface area contributed by atoms with Gasteiger partial charge in [0.05, 0.1) is 0 Å². The Kier molecular flexibility index (Phi) is 15.6. The molecule has 0 spiro atoms.